The van der Waals surface area contributed by atoms with Crippen LogP contribution in [0.2, 0.25) is 0 Å². The van der Waals surface area contributed by atoms with Gasteiger partial charge in [0.05, 0.1) is 18.4 Å². The minimum absolute atomic E-state index is 0.0696. The summed E-state index contributed by atoms with van der Waals surface area (Å²) in [7, 11) is 4.10. The quantitative estimate of drug-likeness (QED) is 0.838. The van der Waals surface area contributed by atoms with Crippen molar-refractivity contribution in [1.82, 2.24) is 19.6 Å². The Balaban J connectivity index is 1.63. The third-order valence-electron chi connectivity index (χ3n) is 4.21. The number of ether oxygens (including phenoxy) is 1. The molecule has 1 saturated heterocycles. The molecule has 1 aromatic carbocycles. The average molecular weight is 328 g/mol. The smallest absolute Gasteiger partial charge is 0.254 e. The van der Waals surface area contributed by atoms with E-state index in [9.17, 15) is 4.79 Å². The molecule has 128 valence electrons. The van der Waals surface area contributed by atoms with E-state index in [1.54, 1.807) is 10.9 Å². The lowest BCUT2D eigenvalue weighted by atomic mass is 10.1. The molecule has 0 aliphatic carbocycles. The van der Waals surface area contributed by atoms with Crippen LogP contribution in [0.4, 0.5) is 0 Å². The predicted molar refractivity (Wildman–Crippen MR) is 92.4 cm³/mol. The van der Waals surface area contributed by atoms with Gasteiger partial charge in [0.25, 0.3) is 5.91 Å². The van der Waals surface area contributed by atoms with E-state index >= 15 is 0 Å². The second-order valence-electron chi connectivity index (χ2n) is 6.33. The normalized spacial score (nSPS) is 18.1. The van der Waals surface area contributed by atoms with Gasteiger partial charge in [-0.1, -0.05) is 0 Å². The average Bonchev–Trinajstić information content (AvgIpc) is 3.14. The van der Waals surface area contributed by atoms with Crippen molar-refractivity contribution in [2.24, 2.45) is 0 Å². The molecule has 6 nitrogen and oxygen atoms in total. The molecular weight excluding hydrogens is 304 g/mol. The number of hydrogen-bond donors (Lipinski definition) is 0. The molecule has 24 heavy (non-hydrogen) atoms. The number of rotatable bonds is 5. The van der Waals surface area contributed by atoms with Crippen molar-refractivity contribution in [1.29, 1.82) is 0 Å². The zero-order chi connectivity index (χ0) is 16.9. The second kappa shape index (κ2) is 7.59. The first-order valence-electron chi connectivity index (χ1n) is 8.29. The lowest BCUT2D eigenvalue weighted by Gasteiger charge is -2.33. The van der Waals surface area contributed by atoms with Gasteiger partial charge in [0, 0.05) is 37.6 Å². The van der Waals surface area contributed by atoms with Crippen LogP contribution in [0.3, 0.4) is 0 Å². The molecular formula is C18H24N4O2. The minimum Gasteiger partial charge on any atom is -0.374 e. The Labute approximate surface area is 142 Å². The summed E-state index contributed by atoms with van der Waals surface area (Å²) in [6, 6.07) is 9.45. The lowest BCUT2D eigenvalue weighted by molar-refractivity contribution is -0.0269. The number of benzene rings is 1. The fraction of sp³-hybridized carbons (Fsp3) is 0.444. The molecule has 2 heterocycles. The predicted octanol–water partition coefficient (Wildman–Crippen LogP) is 1.66. The standard InChI is InChI=1S/C18H24N4O2/c1-20(2)11-8-17-14-21(12-13-24-17)18(23)15-4-6-16(7-5-15)22-10-3-9-19-22/h3-7,9-10,17H,8,11-14H2,1-2H3. The van der Waals surface area contributed by atoms with Gasteiger partial charge < -0.3 is 14.5 Å². The van der Waals surface area contributed by atoms with Crippen molar-refractivity contribution in [3.8, 4) is 5.69 Å². The first-order chi connectivity index (χ1) is 11.6. The SMILES string of the molecule is CN(C)CCC1CN(C(=O)c2ccc(-n3cccn3)cc2)CCO1. The van der Waals surface area contributed by atoms with Gasteiger partial charge >= 0.3 is 0 Å². The molecule has 0 spiro atoms. The first-order valence-corrected chi connectivity index (χ1v) is 8.29. The van der Waals surface area contributed by atoms with Crippen molar-refractivity contribution in [3.63, 3.8) is 0 Å². The summed E-state index contributed by atoms with van der Waals surface area (Å²) < 4.78 is 7.56. The molecule has 0 saturated carbocycles. The fourth-order valence-electron chi connectivity index (χ4n) is 2.84. The van der Waals surface area contributed by atoms with Gasteiger partial charge in [-0.3, -0.25) is 4.79 Å². The highest BCUT2D eigenvalue weighted by molar-refractivity contribution is 5.94. The van der Waals surface area contributed by atoms with E-state index in [-0.39, 0.29) is 12.0 Å². The zero-order valence-electron chi connectivity index (χ0n) is 14.3. The molecule has 1 aromatic heterocycles. The molecule has 1 unspecified atom stereocenters. The van der Waals surface area contributed by atoms with E-state index in [2.05, 4.69) is 10.00 Å². The van der Waals surface area contributed by atoms with E-state index in [1.165, 1.54) is 0 Å². The number of nitrogens with zero attached hydrogens (tertiary/aromatic N) is 4. The van der Waals surface area contributed by atoms with E-state index in [0.29, 0.717) is 25.3 Å². The van der Waals surface area contributed by atoms with E-state index in [4.69, 9.17) is 4.74 Å². The molecule has 0 N–H and O–H groups in total. The maximum atomic E-state index is 12.7. The Morgan fingerprint density at radius 3 is 2.79 bits per heavy atom. The lowest BCUT2D eigenvalue weighted by Crippen LogP contribution is -2.46. The van der Waals surface area contributed by atoms with Crippen molar-refractivity contribution >= 4 is 5.91 Å². The van der Waals surface area contributed by atoms with Crippen LogP contribution < -0.4 is 0 Å². The van der Waals surface area contributed by atoms with Crippen LogP contribution in [0.25, 0.3) is 5.69 Å². The summed E-state index contributed by atoms with van der Waals surface area (Å²) >= 11 is 0. The summed E-state index contributed by atoms with van der Waals surface area (Å²) in [5, 5.41) is 4.20. The van der Waals surface area contributed by atoms with E-state index in [1.807, 2.05) is 55.5 Å². The van der Waals surface area contributed by atoms with Crippen LogP contribution in [0.15, 0.2) is 42.7 Å². The Hall–Kier alpha value is -2.18. The molecule has 2 aromatic rings. The Bertz CT molecular complexity index is 652. The number of amides is 1. The highest BCUT2D eigenvalue weighted by atomic mass is 16.5. The van der Waals surface area contributed by atoms with Crippen molar-refractivity contribution in [3.05, 3.63) is 48.3 Å². The molecule has 3 rings (SSSR count). The van der Waals surface area contributed by atoms with Crippen LogP contribution in [-0.2, 0) is 4.74 Å². The highest BCUT2D eigenvalue weighted by Gasteiger charge is 2.25. The number of morpholine rings is 1. The third kappa shape index (κ3) is 4.01. The summed E-state index contributed by atoms with van der Waals surface area (Å²) in [5.74, 6) is 0.0696. The van der Waals surface area contributed by atoms with Crippen LogP contribution in [0, 0.1) is 0 Å². The van der Waals surface area contributed by atoms with Gasteiger partial charge in [-0.2, -0.15) is 5.10 Å². The summed E-state index contributed by atoms with van der Waals surface area (Å²) in [6.07, 6.45) is 4.68. The van der Waals surface area contributed by atoms with Gasteiger partial charge in [0.2, 0.25) is 0 Å². The van der Waals surface area contributed by atoms with Gasteiger partial charge in [0.1, 0.15) is 0 Å². The highest BCUT2D eigenvalue weighted by Crippen LogP contribution is 2.15. The van der Waals surface area contributed by atoms with Crippen LogP contribution in [-0.4, -0.2) is 71.9 Å². The molecule has 1 aliphatic rings. The van der Waals surface area contributed by atoms with E-state index in [0.717, 1.165) is 18.7 Å². The topological polar surface area (TPSA) is 50.6 Å². The summed E-state index contributed by atoms with van der Waals surface area (Å²) in [4.78, 5) is 16.8. The maximum Gasteiger partial charge on any atom is 0.254 e. The largest absolute Gasteiger partial charge is 0.374 e. The van der Waals surface area contributed by atoms with Crippen molar-refractivity contribution in [2.75, 3.05) is 40.3 Å². The molecule has 6 heteroatoms. The Kier molecular flexibility index (Phi) is 5.27. The first kappa shape index (κ1) is 16.7. The van der Waals surface area contributed by atoms with E-state index < -0.39 is 0 Å². The third-order valence-corrected chi connectivity index (χ3v) is 4.21. The maximum absolute atomic E-state index is 12.7. The Morgan fingerprint density at radius 2 is 2.12 bits per heavy atom. The number of aromatic nitrogens is 2. The minimum atomic E-state index is 0.0696. The zero-order valence-corrected chi connectivity index (χ0v) is 14.3. The van der Waals surface area contributed by atoms with Crippen molar-refractivity contribution in [2.45, 2.75) is 12.5 Å². The molecule has 1 atom stereocenters. The van der Waals surface area contributed by atoms with Crippen LogP contribution in [0.5, 0.6) is 0 Å². The van der Waals surface area contributed by atoms with Crippen molar-refractivity contribution < 1.29 is 9.53 Å². The molecule has 0 radical (unpaired) electrons. The van der Waals surface area contributed by atoms with Gasteiger partial charge in [-0.05, 0) is 50.8 Å². The summed E-state index contributed by atoms with van der Waals surface area (Å²) in [6.45, 7) is 2.88. The molecule has 1 amide bonds. The van der Waals surface area contributed by atoms with Gasteiger partial charge in [0.15, 0.2) is 0 Å². The molecule has 1 fully saturated rings. The van der Waals surface area contributed by atoms with Crippen LogP contribution in [0.1, 0.15) is 16.8 Å². The number of hydrogen-bond acceptors (Lipinski definition) is 4. The van der Waals surface area contributed by atoms with Gasteiger partial charge in [-0.15, -0.1) is 0 Å². The Morgan fingerprint density at radius 1 is 1.33 bits per heavy atom. The second-order valence-corrected chi connectivity index (χ2v) is 6.33. The molecule has 0 bridgehead atoms. The van der Waals surface area contributed by atoms with Gasteiger partial charge in [-0.25, -0.2) is 4.68 Å². The summed E-state index contributed by atoms with van der Waals surface area (Å²) in [5.41, 5.74) is 1.65. The van der Waals surface area contributed by atoms with Crippen LogP contribution >= 0.6 is 0 Å². The monoisotopic (exact) mass is 328 g/mol. The fourth-order valence-corrected chi connectivity index (χ4v) is 2.84. The number of carbonyl (C=O) groups is 1. The molecule has 1 aliphatic heterocycles. The number of carbonyl (C=O) groups excluding carboxylic acids is 1.